The minimum absolute atomic E-state index is 0.107. The highest BCUT2D eigenvalue weighted by Crippen LogP contribution is 2.31. The summed E-state index contributed by atoms with van der Waals surface area (Å²) in [4.78, 5) is 12.6. The summed E-state index contributed by atoms with van der Waals surface area (Å²) < 4.78 is 37.2. The predicted molar refractivity (Wildman–Crippen MR) is 104 cm³/mol. The Bertz CT molecular complexity index is 1070. The standard InChI is InChI=1S/C22H18F2N2O3/c1-13-20-18(26-25-16-9-5-14(23)6-10-16)3-2-4-19(20)29-21(13)22(27)28-17-11-7-15(24)8-12-17/h5-12,25H,2-4H2,1H3/b26-18+. The number of aryl methyl sites for hydroxylation is 1. The largest absolute Gasteiger partial charge is 0.453 e. The molecule has 0 aliphatic heterocycles. The molecule has 0 saturated carbocycles. The molecular weight excluding hydrogens is 378 g/mol. The third-order valence-corrected chi connectivity index (χ3v) is 4.70. The number of halogens is 2. The minimum Gasteiger partial charge on any atom is -0.453 e. The van der Waals surface area contributed by atoms with E-state index in [2.05, 4.69) is 10.5 Å². The van der Waals surface area contributed by atoms with Crippen LogP contribution in [0.25, 0.3) is 0 Å². The highest BCUT2D eigenvalue weighted by atomic mass is 19.1. The zero-order valence-electron chi connectivity index (χ0n) is 15.7. The summed E-state index contributed by atoms with van der Waals surface area (Å²) in [7, 11) is 0. The van der Waals surface area contributed by atoms with Crippen molar-refractivity contribution in [2.24, 2.45) is 5.10 Å². The number of esters is 1. The molecule has 1 aliphatic rings. The fourth-order valence-corrected chi connectivity index (χ4v) is 3.29. The SMILES string of the molecule is Cc1c(C(=O)Oc2ccc(F)cc2)oc2c1/C(=N/Nc1ccc(F)cc1)CCC2. The molecule has 1 aliphatic carbocycles. The second-order valence-electron chi connectivity index (χ2n) is 6.73. The molecule has 0 bridgehead atoms. The van der Waals surface area contributed by atoms with E-state index >= 15 is 0 Å². The first-order valence-electron chi connectivity index (χ1n) is 9.20. The maximum Gasteiger partial charge on any atom is 0.379 e. The molecule has 0 unspecified atom stereocenters. The van der Waals surface area contributed by atoms with Gasteiger partial charge in [-0.15, -0.1) is 0 Å². The number of carbonyl (C=O) groups excluding carboxylic acids is 1. The van der Waals surface area contributed by atoms with Crippen molar-refractivity contribution in [3.63, 3.8) is 0 Å². The molecule has 5 nitrogen and oxygen atoms in total. The van der Waals surface area contributed by atoms with Crippen molar-refractivity contribution >= 4 is 17.4 Å². The molecule has 0 atom stereocenters. The molecule has 148 valence electrons. The fraction of sp³-hybridized carbons (Fsp3) is 0.182. The Morgan fingerprint density at radius 3 is 2.38 bits per heavy atom. The topological polar surface area (TPSA) is 63.8 Å². The highest BCUT2D eigenvalue weighted by Gasteiger charge is 2.29. The van der Waals surface area contributed by atoms with Gasteiger partial charge in [0.1, 0.15) is 23.1 Å². The van der Waals surface area contributed by atoms with Gasteiger partial charge in [0.05, 0.1) is 11.4 Å². The lowest BCUT2D eigenvalue weighted by atomic mass is 9.93. The van der Waals surface area contributed by atoms with Crippen LogP contribution in [-0.4, -0.2) is 11.7 Å². The monoisotopic (exact) mass is 396 g/mol. The summed E-state index contributed by atoms with van der Waals surface area (Å²) in [6.45, 7) is 1.78. The number of hydrogen-bond acceptors (Lipinski definition) is 5. The molecule has 1 heterocycles. The molecule has 4 rings (SSSR count). The molecule has 29 heavy (non-hydrogen) atoms. The van der Waals surface area contributed by atoms with Gasteiger partial charge in [0.2, 0.25) is 5.76 Å². The third kappa shape index (κ3) is 4.03. The lowest BCUT2D eigenvalue weighted by Gasteiger charge is -2.13. The van der Waals surface area contributed by atoms with Gasteiger partial charge in [0, 0.05) is 17.5 Å². The lowest BCUT2D eigenvalue weighted by Crippen LogP contribution is -2.13. The van der Waals surface area contributed by atoms with E-state index in [0.29, 0.717) is 29.9 Å². The number of anilines is 1. The average molecular weight is 396 g/mol. The van der Waals surface area contributed by atoms with E-state index < -0.39 is 11.8 Å². The van der Waals surface area contributed by atoms with E-state index in [4.69, 9.17) is 9.15 Å². The van der Waals surface area contributed by atoms with Gasteiger partial charge in [0.15, 0.2) is 0 Å². The molecule has 1 aromatic heterocycles. The Balaban J connectivity index is 1.58. The number of nitrogens with zero attached hydrogens (tertiary/aromatic N) is 1. The van der Waals surface area contributed by atoms with Gasteiger partial charge >= 0.3 is 5.97 Å². The molecule has 2 aromatic carbocycles. The van der Waals surface area contributed by atoms with Crippen molar-refractivity contribution < 1.29 is 22.7 Å². The van der Waals surface area contributed by atoms with Crippen molar-refractivity contribution in [1.82, 2.24) is 0 Å². The molecule has 0 fully saturated rings. The first-order chi connectivity index (χ1) is 14.0. The van der Waals surface area contributed by atoms with Crippen LogP contribution in [0, 0.1) is 18.6 Å². The van der Waals surface area contributed by atoms with Crippen LogP contribution in [-0.2, 0) is 6.42 Å². The number of carbonyl (C=O) groups is 1. The highest BCUT2D eigenvalue weighted by molar-refractivity contribution is 6.06. The number of benzene rings is 2. The summed E-state index contributed by atoms with van der Waals surface area (Å²) >= 11 is 0. The molecule has 1 N–H and O–H groups in total. The first kappa shape index (κ1) is 18.9. The summed E-state index contributed by atoms with van der Waals surface area (Å²) in [5, 5.41) is 4.44. The van der Waals surface area contributed by atoms with E-state index in [-0.39, 0.29) is 17.3 Å². The number of rotatable bonds is 4. The number of nitrogens with one attached hydrogen (secondary N) is 1. The second kappa shape index (κ2) is 7.87. The molecule has 0 amide bonds. The Labute approximate surface area is 166 Å². The minimum atomic E-state index is -0.644. The van der Waals surface area contributed by atoms with Crippen LogP contribution < -0.4 is 10.2 Å². The molecule has 3 aromatic rings. The zero-order valence-corrected chi connectivity index (χ0v) is 15.7. The van der Waals surface area contributed by atoms with Crippen molar-refractivity contribution in [3.8, 4) is 5.75 Å². The predicted octanol–water partition coefficient (Wildman–Crippen LogP) is 5.24. The van der Waals surface area contributed by atoms with Crippen molar-refractivity contribution in [2.75, 3.05) is 5.43 Å². The third-order valence-electron chi connectivity index (χ3n) is 4.70. The summed E-state index contributed by atoms with van der Waals surface area (Å²) in [6.07, 6.45) is 2.24. The van der Waals surface area contributed by atoms with Crippen LogP contribution in [0.4, 0.5) is 14.5 Å². The summed E-state index contributed by atoms with van der Waals surface area (Å²) in [6, 6.07) is 11.1. The number of fused-ring (bicyclic) bond motifs is 1. The van der Waals surface area contributed by atoms with Gasteiger partial charge < -0.3 is 9.15 Å². The fourth-order valence-electron chi connectivity index (χ4n) is 3.29. The van der Waals surface area contributed by atoms with Crippen LogP contribution >= 0.6 is 0 Å². The van der Waals surface area contributed by atoms with Crippen LogP contribution in [0.15, 0.2) is 58.0 Å². The van der Waals surface area contributed by atoms with Gasteiger partial charge in [-0.05, 0) is 68.3 Å². The van der Waals surface area contributed by atoms with Gasteiger partial charge in [-0.2, -0.15) is 5.10 Å². The Kier molecular flexibility index (Phi) is 5.12. The number of hydrogen-bond donors (Lipinski definition) is 1. The maximum atomic E-state index is 13.0. The molecule has 7 heteroatoms. The van der Waals surface area contributed by atoms with E-state index in [1.165, 1.54) is 36.4 Å². The molecular formula is C22H18F2N2O3. The van der Waals surface area contributed by atoms with Gasteiger partial charge in [0.25, 0.3) is 0 Å². The summed E-state index contributed by atoms with van der Waals surface area (Å²) in [5.74, 6) is -0.358. The lowest BCUT2D eigenvalue weighted by molar-refractivity contribution is 0.0698. The van der Waals surface area contributed by atoms with Crippen molar-refractivity contribution in [2.45, 2.75) is 26.2 Å². The molecule has 0 spiro atoms. The quantitative estimate of drug-likeness (QED) is 0.372. The van der Waals surface area contributed by atoms with Crippen LogP contribution in [0.2, 0.25) is 0 Å². The number of hydrazone groups is 1. The van der Waals surface area contributed by atoms with Gasteiger partial charge in [-0.1, -0.05) is 0 Å². The average Bonchev–Trinajstić information content (AvgIpc) is 3.07. The van der Waals surface area contributed by atoms with E-state index in [9.17, 15) is 13.6 Å². The molecule has 0 radical (unpaired) electrons. The van der Waals surface area contributed by atoms with Crippen LogP contribution in [0.1, 0.15) is 40.3 Å². The van der Waals surface area contributed by atoms with Crippen molar-refractivity contribution in [3.05, 3.63) is 82.8 Å². The van der Waals surface area contributed by atoms with Crippen LogP contribution in [0.3, 0.4) is 0 Å². The smallest absolute Gasteiger partial charge is 0.379 e. The Morgan fingerprint density at radius 2 is 1.69 bits per heavy atom. The number of ether oxygens (including phenoxy) is 1. The normalized spacial score (nSPS) is 14.5. The Morgan fingerprint density at radius 1 is 1.03 bits per heavy atom. The van der Waals surface area contributed by atoms with E-state index in [1.54, 1.807) is 19.1 Å². The van der Waals surface area contributed by atoms with E-state index in [0.717, 1.165) is 17.7 Å². The van der Waals surface area contributed by atoms with Gasteiger partial charge in [-0.25, -0.2) is 13.6 Å². The summed E-state index contributed by atoms with van der Waals surface area (Å²) in [5.41, 5.74) is 5.77. The Hall–Kier alpha value is -3.48. The van der Waals surface area contributed by atoms with Gasteiger partial charge in [-0.3, -0.25) is 5.43 Å². The first-order valence-corrected chi connectivity index (χ1v) is 9.20. The second-order valence-corrected chi connectivity index (χ2v) is 6.73. The maximum absolute atomic E-state index is 13.0. The zero-order chi connectivity index (χ0) is 20.4. The van der Waals surface area contributed by atoms with E-state index in [1.807, 2.05) is 0 Å². The van der Waals surface area contributed by atoms with Crippen LogP contribution in [0.5, 0.6) is 5.75 Å². The van der Waals surface area contributed by atoms with Crippen molar-refractivity contribution in [1.29, 1.82) is 0 Å². The molecule has 0 saturated heterocycles. The number of furan rings is 1.